The van der Waals surface area contributed by atoms with Crippen LogP contribution in [0.4, 0.5) is 23.3 Å². The highest BCUT2D eigenvalue weighted by Crippen LogP contribution is 2.44. The van der Waals surface area contributed by atoms with Crippen LogP contribution in [0, 0.1) is 0 Å². The van der Waals surface area contributed by atoms with Crippen LogP contribution in [0.1, 0.15) is 58.4 Å². The maximum absolute atomic E-state index is 12.8. The van der Waals surface area contributed by atoms with Crippen LogP contribution in [0.3, 0.4) is 0 Å². The zero-order valence-corrected chi connectivity index (χ0v) is 22.8. The Morgan fingerprint density at radius 2 is 1.97 bits per heavy atom. The molecular weight excluding hydrogens is 480 g/mol. The Kier molecular flexibility index (Phi) is 6.42. The van der Waals surface area contributed by atoms with E-state index in [-0.39, 0.29) is 17.5 Å². The number of pyridine rings is 1. The second-order valence-corrected chi connectivity index (χ2v) is 12.2. The average molecular weight is 521 g/mol. The third kappa shape index (κ3) is 4.80. The zero-order chi connectivity index (χ0) is 26.5. The second-order valence-electron chi connectivity index (χ2n) is 12.2. The van der Waals surface area contributed by atoms with Crippen molar-refractivity contribution in [1.82, 2.24) is 25.2 Å². The summed E-state index contributed by atoms with van der Waals surface area (Å²) >= 11 is 0. The van der Waals surface area contributed by atoms with Gasteiger partial charge in [0.25, 0.3) is 0 Å². The number of nitrogens with one attached hydrogen (secondary N) is 2. The number of carbonyl (C=O) groups is 1. The molecular formula is C28H40N8O2. The van der Waals surface area contributed by atoms with E-state index in [1.807, 2.05) is 32.3 Å². The molecule has 2 atom stereocenters. The molecule has 10 nitrogen and oxygen atoms in total. The summed E-state index contributed by atoms with van der Waals surface area (Å²) in [6.07, 6.45) is 10.2. The minimum absolute atomic E-state index is 0.0400. The number of anilines is 4. The number of aliphatic hydroxyl groups is 1. The normalized spacial score (nSPS) is 25.2. The molecule has 3 aliphatic heterocycles. The molecule has 1 saturated carbocycles. The first-order valence-corrected chi connectivity index (χ1v) is 14.1. The molecule has 5 heterocycles. The molecule has 0 bridgehead atoms. The SMILES string of the molecule is CC1CN(c2ccc(Nc3ncc4c(n3)N3C(C4)C(=O)NCC34CCCCC4)nc2)CCN1CC(C)(C)O. The number of piperazine rings is 2. The summed E-state index contributed by atoms with van der Waals surface area (Å²) in [7, 11) is 0. The third-order valence-corrected chi connectivity index (χ3v) is 8.69. The van der Waals surface area contributed by atoms with Crippen molar-refractivity contribution in [2.75, 3.05) is 47.8 Å². The van der Waals surface area contributed by atoms with Crippen LogP contribution in [0.15, 0.2) is 24.5 Å². The maximum Gasteiger partial charge on any atom is 0.243 e. The van der Waals surface area contributed by atoms with Gasteiger partial charge < -0.3 is 25.5 Å². The minimum Gasteiger partial charge on any atom is -0.389 e. The quantitative estimate of drug-likeness (QED) is 0.548. The highest BCUT2D eigenvalue weighted by molar-refractivity contribution is 5.90. The van der Waals surface area contributed by atoms with Gasteiger partial charge in [0.15, 0.2) is 0 Å². The summed E-state index contributed by atoms with van der Waals surface area (Å²) in [4.78, 5) is 33.9. The van der Waals surface area contributed by atoms with Gasteiger partial charge in [0.05, 0.1) is 23.0 Å². The first kappa shape index (κ1) is 25.3. The van der Waals surface area contributed by atoms with Crippen molar-refractivity contribution in [2.45, 2.75) is 82.5 Å². The largest absolute Gasteiger partial charge is 0.389 e. The number of β-amino-alcohol motifs (C(OH)–C–C–N with tert-alkyl or cyclic N) is 1. The van der Waals surface area contributed by atoms with E-state index < -0.39 is 5.60 Å². The number of fused-ring (bicyclic) bond motifs is 4. The maximum atomic E-state index is 12.8. The van der Waals surface area contributed by atoms with Crippen LogP contribution in [-0.4, -0.2) is 86.8 Å². The summed E-state index contributed by atoms with van der Waals surface area (Å²) in [5, 5.41) is 16.7. The van der Waals surface area contributed by atoms with Crippen molar-refractivity contribution in [3.8, 4) is 0 Å². The summed E-state index contributed by atoms with van der Waals surface area (Å²) in [6, 6.07) is 4.22. The molecule has 1 amide bonds. The topological polar surface area (TPSA) is 110 Å². The molecule has 10 heteroatoms. The first-order chi connectivity index (χ1) is 18.2. The van der Waals surface area contributed by atoms with Gasteiger partial charge in [-0.3, -0.25) is 9.69 Å². The molecule has 0 radical (unpaired) electrons. The van der Waals surface area contributed by atoms with Gasteiger partial charge in [0.1, 0.15) is 17.7 Å². The molecule has 3 fully saturated rings. The van der Waals surface area contributed by atoms with Crippen molar-refractivity contribution in [3.63, 3.8) is 0 Å². The fraction of sp³-hybridized carbons (Fsp3) is 0.643. The summed E-state index contributed by atoms with van der Waals surface area (Å²) < 4.78 is 0. The van der Waals surface area contributed by atoms with Crippen LogP contribution in [0.2, 0.25) is 0 Å². The summed E-state index contributed by atoms with van der Waals surface area (Å²) in [6.45, 7) is 10.0. The van der Waals surface area contributed by atoms with Gasteiger partial charge in [0, 0.05) is 56.9 Å². The van der Waals surface area contributed by atoms with E-state index in [1.165, 1.54) is 19.3 Å². The predicted molar refractivity (Wildman–Crippen MR) is 148 cm³/mol. The molecule has 2 aromatic rings. The van der Waals surface area contributed by atoms with Crippen LogP contribution < -0.4 is 20.4 Å². The van der Waals surface area contributed by atoms with Gasteiger partial charge in [-0.25, -0.2) is 9.97 Å². The molecule has 2 aromatic heterocycles. The van der Waals surface area contributed by atoms with Crippen molar-refractivity contribution in [1.29, 1.82) is 0 Å². The lowest BCUT2D eigenvalue weighted by atomic mass is 9.78. The number of aromatic nitrogens is 3. The highest BCUT2D eigenvalue weighted by Gasteiger charge is 2.51. The Morgan fingerprint density at radius 1 is 1.16 bits per heavy atom. The van der Waals surface area contributed by atoms with E-state index in [1.54, 1.807) is 0 Å². The molecule has 1 aliphatic carbocycles. The van der Waals surface area contributed by atoms with E-state index >= 15 is 0 Å². The molecule has 2 saturated heterocycles. The van der Waals surface area contributed by atoms with Crippen LogP contribution in [0.5, 0.6) is 0 Å². The predicted octanol–water partition coefficient (Wildman–Crippen LogP) is 2.46. The van der Waals surface area contributed by atoms with Gasteiger partial charge in [-0.15, -0.1) is 0 Å². The number of carbonyl (C=O) groups excluding carboxylic acids is 1. The molecule has 0 aromatic carbocycles. The number of nitrogens with zero attached hydrogens (tertiary/aromatic N) is 6. The monoisotopic (exact) mass is 520 g/mol. The van der Waals surface area contributed by atoms with Crippen molar-refractivity contribution in [2.24, 2.45) is 0 Å². The van der Waals surface area contributed by atoms with Crippen molar-refractivity contribution < 1.29 is 9.90 Å². The minimum atomic E-state index is -0.691. The zero-order valence-electron chi connectivity index (χ0n) is 22.8. The number of rotatable bonds is 5. The van der Waals surface area contributed by atoms with E-state index in [0.717, 1.165) is 49.5 Å². The van der Waals surface area contributed by atoms with Gasteiger partial charge in [-0.05, 0) is 45.7 Å². The standard InChI is InChI=1S/C28H40N8O2/c1-19-16-34(11-12-35(19)18-27(2,3)38)21-7-8-23(29-15-21)32-26-30-14-20-13-22-25(37)31-17-28(9-5-4-6-10-28)36(22)24(20)33-26/h7-8,14-15,19,22,38H,4-6,9-13,16-18H2,1-3H3,(H,31,37)(H,29,30,32,33). The van der Waals surface area contributed by atoms with Crippen LogP contribution in [-0.2, 0) is 11.2 Å². The average Bonchev–Trinajstić information content (AvgIpc) is 3.29. The Bertz CT molecular complexity index is 1170. The van der Waals surface area contributed by atoms with E-state index in [4.69, 9.17) is 4.98 Å². The van der Waals surface area contributed by atoms with E-state index in [0.29, 0.717) is 37.3 Å². The molecule has 2 unspecified atom stereocenters. The number of amides is 1. The Morgan fingerprint density at radius 3 is 2.68 bits per heavy atom. The van der Waals surface area contributed by atoms with Gasteiger partial charge in [-0.1, -0.05) is 19.3 Å². The highest BCUT2D eigenvalue weighted by atomic mass is 16.3. The van der Waals surface area contributed by atoms with Crippen molar-refractivity contribution in [3.05, 3.63) is 30.1 Å². The first-order valence-electron chi connectivity index (χ1n) is 14.1. The Labute approximate surface area is 224 Å². The molecule has 1 spiro atoms. The number of hydrogen-bond acceptors (Lipinski definition) is 9. The molecule has 38 heavy (non-hydrogen) atoms. The fourth-order valence-electron chi connectivity index (χ4n) is 6.83. The lowest BCUT2D eigenvalue weighted by Crippen LogP contribution is -2.67. The van der Waals surface area contributed by atoms with E-state index in [2.05, 4.69) is 48.3 Å². The third-order valence-electron chi connectivity index (χ3n) is 8.69. The van der Waals surface area contributed by atoms with Gasteiger partial charge >= 0.3 is 0 Å². The Balaban J connectivity index is 1.15. The van der Waals surface area contributed by atoms with Gasteiger partial charge in [0.2, 0.25) is 11.9 Å². The van der Waals surface area contributed by atoms with Crippen molar-refractivity contribution >= 4 is 29.2 Å². The molecule has 3 N–H and O–H groups in total. The molecule has 6 rings (SSSR count). The van der Waals surface area contributed by atoms with Crippen LogP contribution in [0.25, 0.3) is 0 Å². The summed E-state index contributed by atoms with van der Waals surface area (Å²) in [5.41, 5.74) is 1.40. The van der Waals surface area contributed by atoms with Crippen LogP contribution >= 0.6 is 0 Å². The van der Waals surface area contributed by atoms with E-state index in [9.17, 15) is 9.90 Å². The molecule has 4 aliphatic rings. The van der Waals surface area contributed by atoms with Gasteiger partial charge in [-0.2, -0.15) is 4.98 Å². The lowest BCUT2D eigenvalue weighted by Gasteiger charge is -2.51. The fourth-order valence-corrected chi connectivity index (χ4v) is 6.83. The lowest BCUT2D eigenvalue weighted by molar-refractivity contribution is -0.124. The number of hydrogen-bond donors (Lipinski definition) is 3. The smallest absolute Gasteiger partial charge is 0.243 e. The second kappa shape index (κ2) is 9.64. The summed E-state index contributed by atoms with van der Waals surface area (Å²) in [5.74, 6) is 2.20. The molecule has 204 valence electrons. The Hall–Kier alpha value is -2.98.